The van der Waals surface area contributed by atoms with Crippen molar-refractivity contribution < 1.29 is 19.1 Å². The van der Waals surface area contributed by atoms with E-state index in [0.29, 0.717) is 5.69 Å². The van der Waals surface area contributed by atoms with E-state index < -0.39 is 12.1 Å². The van der Waals surface area contributed by atoms with Crippen LogP contribution >= 0.6 is 0 Å². The molecule has 0 spiro atoms. The van der Waals surface area contributed by atoms with Crippen LogP contribution in [-0.2, 0) is 14.3 Å². The zero-order valence-corrected chi connectivity index (χ0v) is 15.1. The first-order chi connectivity index (χ1) is 12.0. The van der Waals surface area contributed by atoms with Crippen LogP contribution in [0.25, 0.3) is 0 Å². The van der Waals surface area contributed by atoms with Crippen LogP contribution < -0.4 is 15.5 Å². The number of rotatable bonds is 6. The molecular formula is C18H27N3O4. The normalized spacial score (nSPS) is 15.6. The average molecular weight is 349 g/mol. The van der Waals surface area contributed by atoms with Crippen LogP contribution in [-0.4, -0.2) is 51.0 Å². The van der Waals surface area contributed by atoms with Crippen molar-refractivity contribution in [1.29, 1.82) is 0 Å². The number of carbonyl (C=O) groups excluding carboxylic acids is 2. The Hall–Kier alpha value is -2.28. The number of benzene rings is 1. The highest BCUT2D eigenvalue weighted by molar-refractivity contribution is 5.96. The van der Waals surface area contributed by atoms with E-state index in [0.717, 1.165) is 32.0 Å². The van der Waals surface area contributed by atoms with Crippen molar-refractivity contribution in [3.05, 3.63) is 24.3 Å². The van der Waals surface area contributed by atoms with Gasteiger partial charge in [0.2, 0.25) is 5.91 Å². The van der Waals surface area contributed by atoms with Crippen molar-refractivity contribution in [2.45, 2.75) is 26.8 Å². The minimum absolute atomic E-state index is 0.0583. The van der Waals surface area contributed by atoms with Crippen LogP contribution in [0.5, 0.6) is 0 Å². The Labute approximate surface area is 148 Å². The third-order valence-corrected chi connectivity index (χ3v) is 4.01. The highest BCUT2D eigenvalue weighted by Gasteiger charge is 2.24. The number of amides is 2. The van der Waals surface area contributed by atoms with E-state index in [1.165, 1.54) is 0 Å². The van der Waals surface area contributed by atoms with Crippen molar-refractivity contribution in [3.8, 4) is 0 Å². The van der Waals surface area contributed by atoms with Crippen LogP contribution in [0.4, 0.5) is 16.2 Å². The smallest absolute Gasteiger partial charge is 0.407 e. The quantitative estimate of drug-likeness (QED) is 0.823. The van der Waals surface area contributed by atoms with E-state index in [-0.39, 0.29) is 18.4 Å². The lowest BCUT2D eigenvalue weighted by Gasteiger charge is -2.29. The molecular weight excluding hydrogens is 322 g/mol. The SMILES string of the molecule is CCOC(=O)N[C@H](C(=O)Nc1ccc(N2CCOCC2)cc1)C(C)C. The highest BCUT2D eigenvalue weighted by atomic mass is 16.5. The third-order valence-electron chi connectivity index (χ3n) is 4.01. The summed E-state index contributed by atoms with van der Waals surface area (Å²) in [5.41, 5.74) is 1.80. The molecule has 25 heavy (non-hydrogen) atoms. The molecule has 1 aromatic carbocycles. The maximum absolute atomic E-state index is 12.5. The topological polar surface area (TPSA) is 79.9 Å². The summed E-state index contributed by atoms with van der Waals surface area (Å²) in [6.45, 7) is 8.93. The molecule has 2 rings (SSSR count). The van der Waals surface area contributed by atoms with E-state index >= 15 is 0 Å². The molecule has 0 aliphatic carbocycles. The van der Waals surface area contributed by atoms with Crippen LogP contribution in [0, 0.1) is 5.92 Å². The molecule has 1 saturated heterocycles. The third kappa shape index (κ3) is 5.63. The molecule has 0 unspecified atom stereocenters. The zero-order valence-electron chi connectivity index (χ0n) is 15.1. The minimum atomic E-state index is -0.655. The molecule has 0 saturated carbocycles. The molecule has 7 nitrogen and oxygen atoms in total. The Morgan fingerprint density at radius 3 is 2.40 bits per heavy atom. The van der Waals surface area contributed by atoms with Crippen molar-refractivity contribution in [1.82, 2.24) is 5.32 Å². The van der Waals surface area contributed by atoms with Gasteiger partial charge in [0, 0.05) is 24.5 Å². The fourth-order valence-corrected chi connectivity index (χ4v) is 2.63. The summed E-state index contributed by atoms with van der Waals surface area (Å²) in [6.07, 6.45) is -0.584. The van der Waals surface area contributed by atoms with E-state index in [1.807, 2.05) is 38.1 Å². The van der Waals surface area contributed by atoms with Crippen LogP contribution in [0.1, 0.15) is 20.8 Å². The van der Waals surface area contributed by atoms with Crippen molar-refractivity contribution >= 4 is 23.4 Å². The first-order valence-electron chi connectivity index (χ1n) is 8.68. The molecule has 2 N–H and O–H groups in total. The van der Waals surface area contributed by atoms with Crippen molar-refractivity contribution in [3.63, 3.8) is 0 Å². The van der Waals surface area contributed by atoms with Gasteiger partial charge in [-0.15, -0.1) is 0 Å². The monoisotopic (exact) mass is 349 g/mol. The first kappa shape index (κ1) is 19.1. The Morgan fingerprint density at radius 2 is 1.84 bits per heavy atom. The average Bonchev–Trinajstić information content (AvgIpc) is 2.61. The van der Waals surface area contributed by atoms with E-state index in [9.17, 15) is 9.59 Å². The summed E-state index contributed by atoms with van der Waals surface area (Å²) in [4.78, 5) is 26.3. The lowest BCUT2D eigenvalue weighted by atomic mass is 10.0. The Kier molecular flexibility index (Phi) is 7.06. The maximum Gasteiger partial charge on any atom is 0.407 e. The van der Waals surface area contributed by atoms with E-state index in [4.69, 9.17) is 9.47 Å². The van der Waals surface area contributed by atoms with Gasteiger partial charge in [-0.25, -0.2) is 4.79 Å². The molecule has 1 fully saturated rings. The fraction of sp³-hybridized carbons (Fsp3) is 0.556. The van der Waals surface area contributed by atoms with Gasteiger partial charge in [0.05, 0.1) is 19.8 Å². The molecule has 0 bridgehead atoms. The van der Waals surface area contributed by atoms with Gasteiger partial charge in [0.15, 0.2) is 0 Å². The van der Waals surface area contributed by atoms with Crippen LogP contribution in [0.15, 0.2) is 24.3 Å². The molecule has 1 aliphatic rings. The van der Waals surface area contributed by atoms with Gasteiger partial charge in [-0.2, -0.15) is 0 Å². The number of hydrogen-bond donors (Lipinski definition) is 2. The number of nitrogens with one attached hydrogen (secondary N) is 2. The molecule has 1 aliphatic heterocycles. The van der Waals surface area contributed by atoms with E-state index in [1.54, 1.807) is 6.92 Å². The number of morpholine rings is 1. The second-order valence-corrected chi connectivity index (χ2v) is 6.22. The summed E-state index contributed by atoms with van der Waals surface area (Å²) < 4.78 is 10.2. The number of anilines is 2. The number of ether oxygens (including phenoxy) is 2. The molecule has 1 aromatic rings. The lowest BCUT2D eigenvalue weighted by Crippen LogP contribution is -2.47. The molecule has 2 amide bonds. The second kappa shape index (κ2) is 9.27. The van der Waals surface area contributed by atoms with Gasteiger partial charge in [-0.05, 0) is 37.1 Å². The Bertz CT molecular complexity index is 568. The van der Waals surface area contributed by atoms with Crippen LogP contribution in [0.2, 0.25) is 0 Å². The van der Waals surface area contributed by atoms with Gasteiger partial charge in [0.25, 0.3) is 0 Å². The predicted octanol–water partition coefficient (Wildman–Crippen LogP) is 2.23. The first-order valence-corrected chi connectivity index (χ1v) is 8.68. The fourth-order valence-electron chi connectivity index (χ4n) is 2.63. The van der Waals surface area contributed by atoms with E-state index in [2.05, 4.69) is 15.5 Å². The number of hydrogen-bond acceptors (Lipinski definition) is 5. The van der Waals surface area contributed by atoms with Gasteiger partial charge >= 0.3 is 6.09 Å². The Morgan fingerprint density at radius 1 is 1.20 bits per heavy atom. The highest BCUT2D eigenvalue weighted by Crippen LogP contribution is 2.19. The van der Waals surface area contributed by atoms with Gasteiger partial charge in [-0.1, -0.05) is 13.8 Å². The molecule has 0 radical (unpaired) electrons. The number of nitrogens with zero attached hydrogens (tertiary/aromatic N) is 1. The lowest BCUT2D eigenvalue weighted by molar-refractivity contribution is -0.119. The zero-order chi connectivity index (χ0) is 18.2. The number of carbonyl (C=O) groups is 2. The van der Waals surface area contributed by atoms with Crippen molar-refractivity contribution in [2.24, 2.45) is 5.92 Å². The largest absolute Gasteiger partial charge is 0.450 e. The van der Waals surface area contributed by atoms with Crippen LogP contribution in [0.3, 0.4) is 0 Å². The summed E-state index contributed by atoms with van der Waals surface area (Å²) >= 11 is 0. The summed E-state index contributed by atoms with van der Waals surface area (Å²) in [6, 6.07) is 7.03. The molecule has 138 valence electrons. The summed E-state index contributed by atoms with van der Waals surface area (Å²) in [7, 11) is 0. The molecule has 0 aromatic heterocycles. The molecule has 1 heterocycles. The maximum atomic E-state index is 12.5. The van der Waals surface area contributed by atoms with Gasteiger partial charge in [0.1, 0.15) is 6.04 Å². The second-order valence-electron chi connectivity index (χ2n) is 6.22. The van der Waals surface area contributed by atoms with Gasteiger partial charge in [-0.3, -0.25) is 4.79 Å². The van der Waals surface area contributed by atoms with Crippen molar-refractivity contribution in [2.75, 3.05) is 43.1 Å². The summed E-state index contributed by atoms with van der Waals surface area (Å²) in [5, 5.41) is 5.45. The molecule has 7 heteroatoms. The Balaban J connectivity index is 1.96. The minimum Gasteiger partial charge on any atom is -0.450 e. The summed E-state index contributed by atoms with van der Waals surface area (Å²) in [5.74, 6) is -0.320. The molecule has 1 atom stereocenters. The number of alkyl carbamates (subject to hydrolysis) is 1. The standard InChI is InChI=1S/C18H27N3O4/c1-4-25-18(23)20-16(13(2)3)17(22)19-14-5-7-15(8-6-14)21-9-11-24-12-10-21/h5-8,13,16H,4,9-12H2,1-3H3,(H,19,22)(H,20,23)/t16-/m0/s1. The van der Waals surface area contributed by atoms with Gasteiger partial charge < -0.3 is 25.0 Å². The predicted molar refractivity (Wildman–Crippen MR) is 96.9 cm³/mol.